The van der Waals surface area contributed by atoms with Gasteiger partial charge in [0.25, 0.3) is 11.8 Å². The number of aromatic amines is 1. The van der Waals surface area contributed by atoms with Crippen LogP contribution in [0.4, 0.5) is 4.39 Å². The number of halogens is 2. The summed E-state index contributed by atoms with van der Waals surface area (Å²) in [4.78, 5) is 51.1. The molecule has 15 heteroatoms. The number of aliphatic hydroxyl groups is 1. The van der Waals surface area contributed by atoms with E-state index in [2.05, 4.69) is 4.74 Å². The Kier molecular flexibility index (Phi) is 9.69. The van der Waals surface area contributed by atoms with Crippen LogP contribution in [0.15, 0.2) is 81.2 Å². The maximum Gasteiger partial charge on any atom is 0.346 e. The van der Waals surface area contributed by atoms with Crippen LogP contribution >= 0.6 is 19.8 Å². The fourth-order valence-corrected chi connectivity index (χ4v) is 4.91. The number of ether oxygens (including phenoxy) is 3. The zero-order valence-electron chi connectivity index (χ0n) is 21.8. The Morgan fingerprint density at radius 1 is 1.24 bits per heavy atom. The van der Waals surface area contributed by atoms with Crippen molar-refractivity contribution in [1.82, 2.24) is 9.55 Å². The zero-order chi connectivity index (χ0) is 29.7. The van der Waals surface area contributed by atoms with E-state index in [1.165, 1.54) is 19.1 Å². The van der Waals surface area contributed by atoms with Crippen LogP contribution in [0, 0.1) is 0 Å². The molecule has 0 radical (unpaired) electrons. The first-order valence-corrected chi connectivity index (χ1v) is 13.8. The lowest BCUT2D eigenvalue weighted by Crippen LogP contribution is -2.46. The van der Waals surface area contributed by atoms with Crippen molar-refractivity contribution in [3.63, 3.8) is 0 Å². The molecule has 1 aliphatic rings. The Balaban J connectivity index is 1.57. The molecule has 2 aromatic carbocycles. The number of nitrogens with one attached hydrogen (secondary N) is 1. The topological polar surface area (TPSA) is 164 Å². The van der Waals surface area contributed by atoms with Crippen LogP contribution in [0.5, 0.6) is 5.75 Å². The molecule has 1 aromatic heterocycles. The molecule has 0 bridgehead atoms. The molecule has 218 valence electrons. The van der Waals surface area contributed by atoms with Crippen molar-refractivity contribution in [2.24, 2.45) is 4.74 Å². The second-order valence-electron chi connectivity index (χ2n) is 9.21. The fourth-order valence-electron chi connectivity index (χ4n) is 3.95. The average Bonchev–Trinajstić information content (AvgIpc) is 3.17. The molecular weight excluding hydrogens is 584 g/mol. The van der Waals surface area contributed by atoms with Gasteiger partial charge in [0.05, 0.1) is 5.02 Å². The van der Waals surface area contributed by atoms with Crippen LogP contribution in [-0.2, 0) is 25.4 Å². The van der Waals surface area contributed by atoms with Gasteiger partial charge in [0.2, 0.25) is 0 Å². The molecule has 12 nitrogen and oxygen atoms in total. The first-order chi connectivity index (χ1) is 19.5. The molecule has 2 unspecified atom stereocenters. The highest BCUT2D eigenvalue weighted by Gasteiger charge is 2.59. The molecule has 7 atom stereocenters. The highest BCUT2D eigenvalue weighted by atomic mass is 35.5. The number of aromatic nitrogens is 2. The smallest absolute Gasteiger partial charge is 0.346 e. The second kappa shape index (κ2) is 13.0. The molecule has 41 heavy (non-hydrogen) atoms. The molecule has 1 aliphatic heterocycles. The van der Waals surface area contributed by atoms with Gasteiger partial charge in [-0.3, -0.25) is 14.3 Å². The largest absolute Gasteiger partial charge is 0.583 e. The van der Waals surface area contributed by atoms with Gasteiger partial charge in [0, 0.05) is 12.3 Å². The quantitative estimate of drug-likeness (QED) is 0.200. The van der Waals surface area contributed by atoms with Crippen molar-refractivity contribution in [1.29, 1.82) is 0 Å². The monoisotopic (exact) mass is 609 g/mol. The minimum Gasteiger partial charge on any atom is -0.583 e. The lowest BCUT2D eigenvalue weighted by atomic mass is 9.98. The molecule has 0 saturated carbocycles. The summed E-state index contributed by atoms with van der Waals surface area (Å²) >= 11 is 6.18. The standard InChI is InChI=1S/C26H26ClFN3O9P/c1-15(22(34)37-14-16-8-4-3-5-9-16)30-41(36)40-23(38-18-11-7-6-10-17(18)27)20-21(33)26(2,28)24(39-20)31-13-12-19(32)29-25(31)35/h3-13,15,20-21,23-24,33H,14H2,1-2H3,(H,29,32,35)/t15-,20+,21+,23?,24+,26+/m0/s1. The third kappa shape index (κ3) is 7.25. The first kappa shape index (κ1) is 30.5. The second-order valence-corrected chi connectivity index (χ2v) is 10.5. The van der Waals surface area contributed by atoms with E-state index in [0.717, 1.165) is 29.3 Å². The van der Waals surface area contributed by atoms with Gasteiger partial charge in [-0.1, -0.05) is 58.8 Å². The number of rotatable bonds is 10. The highest BCUT2D eigenvalue weighted by molar-refractivity contribution is 7.33. The number of para-hydroxylation sites is 1. The maximum absolute atomic E-state index is 15.8. The predicted octanol–water partition coefficient (Wildman–Crippen LogP) is 2.59. The first-order valence-electron chi connectivity index (χ1n) is 12.3. The van der Waals surface area contributed by atoms with Crippen LogP contribution in [0.3, 0.4) is 0 Å². The van der Waals surface area contributed by atoms with E-state index in [4.69, 9.17) is 30.3 Å². The van der Waals surface area contributed by atoms with E-state index >= 15 is 4.39 Å². The van der Waals surface area contributed by atoms with Crippen molar-refractivity contribution >= 4 is 25.7 Å². The van der Waals surface area contributed by atoms with Crippen molar-refractivity contribution in [3.05, 3.63) is 98.3 Å². The molecule has 2 heterocycles. The van der Waals surface area contributed by atoms with Gasteiger partial charge in [-0.25, -0.2) is 14.0 Å². The summed E-state index contributed by atoms with van der Waals surface area (Å²) in [5.41, 5.74) is -3.59. The molecule has 0 aliphatic carbocycles. The molecule has 1 fully saturated rings. The number of carbonyl (C=O) groups excluding carboxylic acids is 1. The fraction of sp³-hybridized carbons (Fsp3) is 0.346. The number of hydrogen-bond acceptors (Lipinski definition) is 10. The summed E-state index contributed by atoms with van der Waals surface area (Å²) in [6.07, 6.45) is -6.20. The molecule has 3 aromatic rings. The Morgan fingerprint density at radius 3 is 2.61 bits per heavy atom. The summed E-state index contributed by atoms with van der Waals surface area (Å²) < 4.78 is 42.4. The predicted molar refractivity (Wildman–Crippen MR) is 143 cm³/mol. The van der Waals surface area contributed by atoms with E-state index in [1.54, 1.807) is 36.4 Å². The van der Waals surface area contributed by atoms with Crippen LogP contribution < -0.4 is 20.9 Å². The Morgan fingerprint density at radius 2 is 1.93 bits per heavy atom. The SMILES string of the molecule is C[C@H](/N=[P+](\[O-])OC(Oc1ccccc1Cl)[C@@H]1O[C@@H](n2ccc(=O)[nH]c2=O)[C@](C)(F)[C@@H]1O)C(=O)OCc1ccccc1. The Hall–Kier alpha value is -3.45. The van der Waals surface area contributed by atoms with Crippen molar-refractivity contribution in [2.75, 3.05) is 0 Å². The summed E-state index contributed by atoms with van der Waals surface area (Å²) in [7, 11) is -3.03. The van der Waals surface area contributed by atoms with E-state index in [1.807, 2.05) is 11.1 Å². The lowest BCUT2D eigenvalue weighted by Gasteiger charge is -2.25. The summed E-state index contributed by atoms with van der Waals surface area (Å²) in [6, 6.07) is 14.7. The third-order valence-electron chi connectivity index (χ3n) is 6.14. The number of benzene rings is 2. The number of carbonyl (C=O) groups is 1. The number of alkyl halides is 1. The summed E-state index contributed by atoms with van der Waals surface area (Å²) in [5, 5.41) is 11.0. The van der Waals surface area contributed by atoms with Gasteiger partial charge in [-0.15, -0.1) is 4.52 Å². The molecule has 1 saturated heterocycles. The van der Waals surface area contributed by atoms with E-state index in [-0.39, 0.29) is 17.4 Å². The molecule has 4 rings (SSSR count). The summed E-state index contributed by atoms with van der Waals surface area (Å²) in [5.74, 6) is -0.769. The normalized spacial score (nSPS) is 24.0. The van der Waals surface area contributed by atoms with Gasteiger partial charge in [-0.2, -0.15) is 0 Å². The van der Waals surface area contributed by atoms with Gasteiger partial charge < -0.3 is 24.2 Å². The van der Waals surface area contributed by atoms with Crippen LogP contribution in [0.2, 0.25) is 5.02 Å². The van der Waals surface area contributed by atoms with E-state index < -0.39 is 61.8 Å². The van der Waals surface area contributed by atoms with Crippen molar-refractivity contribution in [3.8, 4) is 5.75 Å². The zero-order valence-corrected chi connectivity index (χ0v) is 23.4. The minimum atomic E-state index is -3.03. The van der Waals surface area contributed by atoms with Gasteiger partial charge >= 0.3 is 19.8 Å². The number of hydrogen-bond donors (Lipinski definition) is 2. The van der Waals surface area contributed by atoms with Crippen molar-refractivity contribution in [2.45, 2.75) is 56.9 Å². The van der Waals surface area contributed by atoms with E-state index in [0.29, 0.717) is 0 Å². The van der Waals surface area contributed by atoms with Crippen molar-refractivity contribution < 1.29 is 37.9 Å². The molecule has 0 amide bonds. The van der Waals surface area contributed by atoms with Gasteiger partial charge in [-0.05, 0) is 31.5 Å². The number of nitrogens with zero attached hydrogens (tertiary/aromatic N) is 2. The Bertz CT molecular complexity index is 1520. The third-order valence-corrected chi connectivity index (χ3v) is 7.37. The van der Waals surface area contributed by atoms with Crippen LogP contribution in [0.1, 0.15) is 25.6 Å². The minimum absolute atomic E-state index is 0.0129. The lowest BCUT2D eigenvalue weighted by molar-refractivity contribution is -0.206. The number of aliphatic hydroxyl groups excluding tert-OH is 1. The summed E-state index contributed by atoms with van der Waals surface area (Å²) in [6.45, 7) is 2.28. The molecule has 0 spiro atoms. The number of H-pyrrole nitrogens is 1. The van der Waals surface area contributed by atoms with Gasteiger partial charge in [0.1, 0.15) is 18.5 Å². The molecule has 2 N–H and O–H groups in total. The highest BCUT2D eigenvalue weighted by Crippen LogP contribution is 2.44. The van der Waals surface area contributed by atoms with Gasteiger partial charge in [0.15, 0.2) is 24.0 Å². The molecular formula is C26H26ClFN3O9P. The van der Waals surface area contributed by atoms with E-state index in [9.17, 15) is 24.4 Å². The number of esters is 1. The maximum atomic E-state index is 15.8. The van der Waals surface area contributed by atoms with Crippen LogP contribution in [-0.4, -0.2) is 50.8 Å². The Labute approximate surface area is 238 Å². The van der Waals surface area contributed by atoms with Crippen LogP contribution in [0.25, 0.3) is 0 Å². The average molecular weight is 610 g/mol.